The topological polar surface area (TPSA) is 54.1 Å². The zero-order valence-corrected chi connectivity index (χ0v) is 19.8. The molecule has 3 aliphatic rings. The number of likely N-dealkylation sites (tertiary alicyclic amines) is 1. The van der Waals surface area contributed by atoms with Crippen LogP contribution in [-0.4, -0.2) is 37.6 Å². The Morgan fingerprint density at radius 2 is 1.59 bits per heavy atom. The number of halogens is 1. The largest absolute Gasteiger partial charge is 0.371 e. The van der Waals surface area contributed by atoms with Gasteiger partial charge in [0, 0.05) is 31.2 Å². The van der Waals surface area contributed by atoms with Crippen LogP contribution in [0.15, 0.2) is 48.5 Å². The monoisotopic (exact) mass is 456 g/mol. The molecule has 2 aromatic carbocycles. The number of rotatable bonds is 6. The van der Waals surface area contributed by atoms with Gasteiger partial charge in [0.2, 0.25) is 0 Å². The van der Waals surface area contributed by atoms with Crippen LogP contribution in [0.5, 0.6) is 0 Å². The average Bonchev–Trinajstić information content (AvgIpc) is 3.38. The summed E-state index contributed by atoms with van der Waals surface area (Å²) in [5, 5.41) is 19.5. The third kappa shape index (κ3) is 4.30. The average molecular weight is 457 g/mol. The van der Waals surface area contributed by atoms with E-state index in [0.717, 1.165) is 64.0 Å². The summed E-state index contributed by atoms with van der Waals surface area (Å²) in [4.78, 5) is 4.95. The first-order valence-corrected chi connectivity index (χ1v) is 12.8. The molecule has 5 heteroatoms. The maximum atomic E-state index is 14.2. The Labute approximate surface area is 202 Å². The van der Waals surface area contributed by atoms with E-state index in [-0.39, 0.29) is 11.7 Å². The van der Waals surface area contributed by atoms with Crippen molar-refractivity contribution in [2.75, 3.05) is 37.6 Å². The summed E-state index contributed by atoms with van der Waals surface area (Å²) < 4.78 is 14.2. The third-order valence-electron chi connectivity index (χ3n) is 8.55. The molecule has 3 fully saturated rings. The van der Waals surface area contributed by atoms with Gasteiger partial charge in [0.25, 0.3) is 0 Å². The smallest absolute Gasteiger partial charge is 0.123 e. The van der Waals surface area contributed by atoms with Crippen LogP contribution >= 0.6 is 0 Å². The zero-order chi connectivity index (χ0) is 23.5. The van der Waals surface area contributed by atoms with E-state index in [1.807, 2.05) is 30.3 Å². The normalized spacial score (nSPS) is 22.0. The van der Waals surface area contributed by atoms with Crippen molar-refractivity contribution in [1.82, 2.24) is 4.90 Å². The highest BCUT2D eigenvalue weighted by Gasteiger charge is 2.49. The molecule has 1 unspecified atom stereocenters. The summed E-state index contributed by atoms with van der Waals surface area (Å²) in [5.74, 6) is 1.05. The molecule has 4 nitrogen and oxygen atoms in total. The Bertz CT molecular complexity index is 1060. The number of hydrogen-bond donors (Lipinski definition) is 0. The summed E-state index contributed by atoms with van der Waals surface area (Å²) in [6.45, 7) is 5.24. The summed E-state index contributed by atoms with van der Waals surface area (Å²) in [6, 6.07) is 19.7. The van der Waals surface area contributed by atoms with Crippen molar-refractivity contribution < 1.29 is 4.39 Å². The molecule has 0 bridgehead atoms. The first kappa shape index (κ1) is 22.9. The van der Waals surface area contributed by atoms with Gasteiger partial charge in [0.1, 0.15) is 5.82 Å². The molecule has 2 saturated heterocycles. The minimum atomic E-state index is -0.562. The van der Waals surface area contributed by atoms with Crippen LogP contribution in [0.2, 0.25) is 0 Å². The molecule has 5 rings (SSSR count). The molecule has 0 N–H and O–H groups in total. The van der Waals surface area contributed by atoms with E-state index >= 15 is 0 Å². The summed E-state index contributed by atoms with van der Waals surface area (Å²) in [7, 11) is 0. The Balaban J connectivity index is 1.20. The van der Waals surface area contributed by atoms with Crippen molar-refractivity contribution in [3.63, 3.8) is 0 Å². The van der Waals surface area contributed by atoms with Gasteiger partial charge in [-0.25, -0.2) is 4.39 Å². The first-order valence-electron chi connectivity index (χ1n) is 12.8. The fourth-order valence-corrected chi connectivity index (χ4v) is 6.76. The van der Waals surface area contributed by atoms with Crippen molar-refractivity contribution in [2.24, 2.45) is 17.8 Å². The van der Waals surface area contributed by atoms with Gasteiger partial charge in [-0.2, -0.15) is 10.5 Å². The molecule has 0 amide bonds. The third-order valence-corrected chi connectivity index (χ3v) is 8.55. The molecule has 0 aromatic heterocycles. The Morgan fingerprint density at radius 1 is 0.912 bits per heavy atom. The standard InChI is InChI=1S/C29H33FN4/c30-27-7-3-6-26(16-27)29(21-32,24-4-1-2-5-24)25-12-14-33(15-13-25)18-23-19-34(20-23)28-10-8-22(17-31)9-11-28/h3,6-11,16,23-25H,1-2,4-5,12-15,18-20H2. The fraction of sp³-hybridized carbons (Fsp3) is 0.517. The predicted octanol–water partition coefficient (Wildman–Crippen LogP) is 5.50. The molecular formula is C29H33FN4. The van der Waals surface area contributed by atoms with Gasteiger partial charge in [-0.1, -0.05) is 25.0 Å². The van der Waals surface area contributed by atoms with E-state index in [9.17, 15) is 9.65 Å². The van der Waals surface area contributed by atoms with Crippen LogP contribution in [-0.2, 0) is 5.41 Å². The van der Waals surface area contributed by atoms with Gasteiger partial charge >= 0.3 is 0 Å². The second kappa shape index (κ2) is 9.77. The van der Waals surface area contributed by atoms with Crippen LogP contribution < -0.4 is 4.90 Å². The number of hydrogen-bond acceptors (Lipinski definition) is 4. The van der Waals surface area contributed by atoms with Gasteiger partial charge < -0.3 is 9.80 Å². The van der Waals surface area contributed by atoms with Crippen LogP contribution in [0, 0.1) is 46.2 Å². The lowest BCUT2D eigenvalue weighted by atomic mass is 9.60. The van der Waals surface area contributed by atoms with E-state index < -0.39 is 5.41 Å². The molecule has 1 atom stereocenters. The van der Waals surface area contributed by atoms with Crippen LogP contribution in [0.4, 0.5) is 10.1 Å². The minimum absolute atomic E-state index is 0.232. The highest BCUT2D eigenvalue weighted by Crippen LogP contribution is 2.50. The van der Waals surface area contributed by atoms with Gasteiger partial charge in [0.15, 0.2) is 0 Å². The molecule has 1 aliphatic carbocycles. The minimum Gasteiger partial charge on any atom is -0.371 e. The summed E-state index contributed by atoms with van der Waals surface area (Å²) >= 11 is 0. The lowest BCUT2D eigenvalue weighted by Crippen LogP contribution is -2.53. The fourth-order valence-electron chi connectivity index (χ4n) is 6.76. The van der Waals surface area contributed by atoms with Crippen molar-refractivity contribution in [1.29, 1.82) is 10.5 Å². The van der Waals surface area contributed by atoms with Crippen molar-refractivity contribution in [3.05, 3.63) is 65.5 Å². The molecule has 2 aliphatic heterocycles. The maximum Gasteiger partial charge on any atom is 0.123 e. The molecular weight excluding hydrogens is 423 g/mol. The summed E-state index contributed by atoms with van der Waals surface area (Å²) in [5.41, 5.74) is 2.23. The van der Waals surface area contributed by atoms with Gasteiger partial charge in [-0.05, 0) is 92.6 Å². The number of benzene rings is 2. The van der Waals surface area contributed by atoms with Gasteiger partial charge in [-0.15, -0.1) is 0 Å². The lowest BCUT2D eigenvalue weighted by molar-refractivity contribution is 0.103. The zero-order valence-electron chi connectivity index (χ0n) is 19.8. The molecule has 0 spiro atoms. The van der Waals surface area contributed by atoms with Crippen LogP contribution in [0.25, 0.3) is 0 Å². The van der Waals surface area contributed by atoms with E-state index in [0.29, 0.717) is 17.4 Å². The number of piperidine rings is 1. The van der Waals surface area contributed by atoms with Gasteiger partial charge in [0.05, 0.1) is 23.1 Å². The number of nitrogens with zero attached hydrogens (tertiary/aromatic N) is 4. The second-order valence-corrected chi connectivity index (χ2v) is 10.5. The van der Waals surface area contributed by atoms with Crippen LogP contribution in [0.3, 0.4) is 0 Å². The van der Waals surface area contributed by atoms with Crippen molar-refractivity contribution >= 4 is 5.69 Å². The van der Waals surface area contributed by atoms with E-state index in [2.05, 4.69) is 21.9 Å². The quantitative estimate of drug-likeness (QED) is 0.576. The second-order valence-electron chi connectivity index (χ2n) is 10.5. The highest BCUT2D eigenvalue weighted by atomic mass is 19.1. The predicted molar refractivity (Wildman–Crippen MR) is 132 cm³/mol. The maximum absolute atomic E-state index is 14.2. The van der Waals surface area contributed by atoms with Crippen molar-refractivity contribution in [2.45, 2.75) is 43.9 Å². The lowest BCUT2D eigenvalue weighted by Gasteiger charge is -2.47. The molecule has 176 valence electrons. The van der Waals surface area contributed by atoms with E-state index in [1.165, 1.54) is 24.6 Å². The van der Waals surface area contributed by atoms with E-state index in [1.54, 1.807) is 12.1 Å². The Kier molecular flexibility index (Phi) is 6.57. The number of nitriles is 2. The highest BCUT2D eigenvalue weighted by molar-refractivity contribution is 5.51. The molecule has 0 radical (unpaired) electrons. The summed E-state index contributed by atoms with van der Waals surface area (Å²) in [6.07, 6.45) is 6.54. The first-order chi connectivity index (χ1) is 16.6. The van der Waals surface area contributed by atoms with Crippen LogP contribution in [0.1, 0.15) is 49.7 Å². The number of anilines is 1. The molecule has 2 aromatic rings. The molecule has 1 saturated carbocycles. The van der Waals surface area contributed by atoms with Gasteiger partial charge in [-0.3, -0.25) is 0 Å². The SMILES string of the molecule is N#Cc1ccc(N2CC(CN3CCC(C(C#N)(c4cccc(F)c4)C4CCCC4)CC3)C2)cc1. The Morgan fingerprint density at radius 3 is 2.21 bits per heavy atom. The van der Waals surface area contributed by atoms with Crippen molar-refractivity contribution in [3.8, 4) is 12.1 Å². The van der Waals surface area contributed by atoms with E-state index in [4.69, 9.17) is 5.26 Å². The molecule has 2 heterocycles. The Hall–Kier alpha value is -2.89. The molecule has 34 heavy (non-hydrogen) atoms.